The zero-order valence-corrected chi connectivity index (χ0v) is 26.7. The molecule has 0 aliphatic carbocycles. The molecule has 246 valence electrons. The van der Waals surface area contributed by atoms with Crippen LogP contribution in [0.1, 0.15) is 41.8 Å². The third-order valence-electron chi connectivity index (χ3n) is 8.38. The van der Waals surface area contributed by atoms with Crippen LogP contribution in [0.15, 0.2) is 71.3 Å². The molecule has 0 radical (unpaired) electrons. The van der Waals surface area contributed by atoms with E-state index in [1.165, 1.54) is 11.0 Å². The van der Waals surface area contributed by atoms with Crippen molar-refractivity contribution in [2.45, 2.75) is 38.2 Å². The summed E-state index contributed by atoms with van der Waals surface area (Å²) in [5, 5.41) is 6.24. The second kappa shape index (κ2) is 13.7. The van der Waals surface area contributed by atoms with Gasteiger partial charge in [0, 0.05) is 68.9 Å². The number of halogens is 4. The molecule has 10 nitrogen and oxygen atoms in total. The molecule has 1 saturated heterocycles. The molecule has 1 aromatic heterocycles. The number of carbonyl (C=O) groups is 2. The number of amidine groups is 1. The number of allylic oxidation sites excluding steroid dienone is 1. The lowest BCUT2D eigenvalue weighted by molar-refractivity contribution is -0.138. The number of nitrogens with zero attached hydrogens (tertiary/aromatic N) is 5. The van der Waals surface area contributed by atoms with E-state index in [0.717, 1.165) is 24.5 Å². The van der Waals surface area contributed by atoms with Gasteiger partial charge in [0.2, 0.25) is 0 Å². The summed E-state index contributed by atoms with van der Waals surface area (Å²) in [4.78, 5) is 41.6. The number of likely N-dealkylation sites (N-methyl/N-ethyl adjacent to an activating group) is 1. The maximum atomic E-state index is 13.9. The number of piperazine rings is 1. The van der Waals surface area contributed by atoms with Crippen molar-refractivity contribution < 1.29 is 27.5 Å². The number of hydrogen-bond donors (Lipinski definition) is 2. The van der Waals surface area contributed by atoms with Gasteiger partial charge in [0.25, 0.3) is 11.8 Å². The number of hydrogen-bond acceptors (Lipinski definition) is 8. The van der Waals surface area contributed by atoms with E-state index >= 15 is 0 Å². The highest BCUT2D eigenvalue weighted by atomic mass is 35.5. The molecule has 0 spiro atoms. The summed E-state index contributed by atoms with van der Waals surface area (Å²) in [7, 11) is 1.92. The minimum absolute atomic E-state index is 0.101. The van der Waals surface area contributed by atoms with Crippen LogP contribution in [0.25, 0.3) is 0 Å². The van der Waals surface area contributed by atoms with Crippen LogP contribution in [0.3, 0.4) is 0 Å². The van der Waals surface area contributed by atoms with Gasteiger partial charge in [-0.25, -0.2) is 0 Å². The number of benzene rings is 1. The quantitative estimate of drug-likeness (QED) is 0.420. The van der Waals surface area contributed by atoms with Crippen LogP contribution in [0, 0.1) is 0 Å². The third-order valence-corrected chi connectivity index (χ3v) is 8.61. The minimum atomic E-state index is -4.74. The summed E-state index contributed by atoms with van der Waals surface area (Å²) in [6.45, 7) is 6.36. The molecule has 4 heterocycles. The molecule has 1 aromatic carbocycles. The first-order valence-corrected chi connectivity index (χ1v) is 15.6. The lowest BCUT2D eigenvalue weighted by Crippen LogP contribution is -2.56. The van der Waals surface area contributed by atoms with Gasteiger partial charge in [-0.1, -0.05) is 24.6 Å². The molecular formula is C32H37ClF3N7O3. The Bertz CT molecular complexity index is 1550. The van der Waals surface area contributed by atoms with Gasteiger partial charge in [-0.3, -0.25) is 19.6 Å². The predicted octanol–water partition coefficient (Wildman–Crippen LogP) is 4.01. The van der Waals surface area contributed by atoms with Crippen molar-refractivity contribution in [2.24, 2.45) is 4.99 Å². The second-order valence-electron chi connectivity index (χ2n) is 11.2. The van der Waals surface area contributed by atoms with Crippen molar-refractivity contribution in [2.75, 3.05) is 52.9 Å². The molecule has 2 N–H and O–H groups in total. The molecule has 3 aliphatic rings. The van der Waals surface area contributed by atoms with Crippen molar-refractivity contribution in [1.29, 1.82) is 0 Å². The van der Waals surface area contributed by atoms with Crippen LogP contribution in [0.2, 0.25) is 5.02 Å². The van der Waals surface area contributed by atoms with Crippen LogP contribution >= 0.6 is 11.6 Å². The number of aliphatic imine (C=N–C) groups is 1. The minimum Gasteiger partial charge on any atom is -0.363 e. The Morgan fingerprint density at radius 3 is 2.65 bits per heavy atom. The number of alkyl halides is 3. The molecule has 1 fully saturated rings. The molecule has 0 saturated carbocycles. The normalized spacial score (nSPS) is 21.8. The van der Waals surface area contributed by atoms with E-state index in [1.807, 2.05) is 48.9 Å². The Morgan fingerprint density at radius 1 is 1.20 bits per heavy atom. The molecule has 0 bridgehead atoms. The summed E-state index contributed by atoms with van der Waals surface area (Å²) < 4.78 is 47.7. The van der Waals surface area contributed by atoms with Crippen LogP contribution in [-0.2, 0) is 21.4 Å². The SMILES string of the molecule is CCOC1(c2cccnc2)C=CC(N2CCN(C(=O)c3ccc(Cl)cc3C(F)(F)F)C[C@H]2CC)=C(C(=O)NCC2=NCCN2C)N1. The number of carbonyl (C=O) groups excluding carboxylic acids is 2. The van der Waals surface area contributed by atoms with Gasteiger partial charge < -0.3 is 30.1 Å². The van der Waals surface area contributed by atoms with E-state index in [1.54, 1.807) is 18.5 Å². The molecule has 2 atom stereocenters. The highest BCUT2D eigenvalue weighted by molar-refractivity contribution is 6.30. The van der Waals surface area contributed by atoms with Crippen LogP contribution in [-0.4, -0.2) is 96.3 Å². The fourth-order valence-corrected chi connectivity index (χ4v) is 6.13. The van der Waals surface area contributed by atoms with Crippen molar-refractivity contribution in [1.82, 2.24) is 30.3 Å². The number of amides is 2. The number of ether oxygens (including phenoxy) is 1. The first kappa shape index (κ1) is 33.3. The lowest BCUT2D eigenvalue weighted by Gasteiger charge is -2.46. The van der Waals surface area contributed by atoms with Gasteiger partial charge in [-0.2, -0.15) is 13.2 Å². The first-order chi connectivity index (χ1) is 22.0. The molecule has 5 rings (SSSR count). The first-order valence-electron chi connectivity index (χ1n) is 15.2. The molecule has 3 aliphatic heterocycles. The van der Waals surface area contributed by atoms with Crippen molar-refractivity contribution in [3.63, 3.8) is 0 Å². The topological polar surface area (TPSA) is 102 Å². The van der Waals surface area contributed by atoms with E-state index in [0.29, 0.717) is 30.8 Å². The van der Waals surface area contributed by atoms with Gasteiger partial charge in [-0.05, 0) is 49.8 Å². The second-order valence-corrected chi connectivity index (χ2v) is 11.7. The Morgan fingerprint density at radius 2 is 2.00 bits per heavy atom. The Kier molecular flexibility index (Phi) is 9.92. The van der Waals surface area contributed by atoms with E-state index in [-0.39, 0.29) is 48.8 Å². The number of rotatable bonds is 9. The summed E-state index contributed by atoms with van der Waals surface area (Å²) in [5.74, 6) is -0.330. The number of pyridine rings is 1. The lowest BCUT2D eigenvalue weighted by atomic mass is 9.97. The van der Waals surface area contributed by atoms with E-state index in [4.69, 9.17) is 16.3 Å². The Balaban J connectivity index is 1.46. The zero-order chi connectivity index (χ0) is 33.1. The maximum Gasteiger partial charge on any atom is 0.417 e. The third kappa shape index (κ3) is 6.85. The summed E-state index contributed by atoms with van der Waals surface area (Å²) in [6, 6.07) is 6.52. The number of nitrogens with one attached hydrogen (secondary N) is 2. The monoisotopic (exact) mass is 659 g/mol. The highest BCUT2D eigenvalue weighted by Gasteiger charge is 2.41. The molecule has 1 unspecified atom stereocenters. The summed E-state index contributed by atoms with van der Waals surface area (Å²) in [6.07, 6.45) is 2.80. The van der Waals surface area contributed by atoms with Gasteiger partial charge >= 0.3 is 6.18 Å². The Hall–Kier alpha value is -4.10. The van der Waals surface area contributed by atoms with Crippen LogP contribution in [0.4, 0.5) is 13.2 Å². The smallest absolute Gasteiger partial charge is 0.363 e. The van der Waals surface area contributed by atoms with Gasteiger partial charge in [0.15, 0.2) is 5.72 Å². The van der Waals surface area contributed by atoms with Gasteiger partial charge in [0.05, 0.1) is 29.9 Å². The number of dihydropyridines is 1. The average molecular weight is 660 g/mol. The van der Waals surface area contributed by atoms with Gasteiger partial charge in [0.1, 0.15) is 11.5 Å². The summed E-state index contributed by atoms with van der Waals surface area (Å²) >= 11 is 5.85. The van der Waals surface area contributed by atoms with Crippen LogP contribution in [0.5, 0.6) is 0 Å². The molecule has 14 heteroatoms. The van der Waals surface area contributed by atoms with Crippen molar-refractivity contribution in [3.05, 3.63) is 88.0 Å². The largest absolute Gasteiger partial charge is 0.417 e. The van der Waals surface area contributed by atoms with Crippen LogP contribution < -0.4 is 10.6 Å². The van der Waals surface area contributed by atoms with Crippen molar-refractivity contribution >= 4 is 29.3 Å². The molecule has 2 amide bonds. The zero-order valence-electron chi connectivity index (χ0n) is 25.9. The Labute approximate surface area is 270 Å². The number of aromatic nitrogens is 1. The fourth-order valence-electron chi connectivity index (χ4n) is 5.96. The van der Waals surface area contributed by atoms with E-state index in [2.05, 4.69) is 20.6 Å². The highest BCUT2D eigenvalue weighted by Crippen LogP contribution is 2.36. The van der Waals surface area contributed by atoms with Crippen molar-refractivity contribution in [3.8, 4) is 0 Å². The predicted molar refractivity (Wildman–Crippen MR) is 168 cm³/mol. The summed E-state index contributed by atoms with van der Waals surface area (Å²) in [5.41, 5.74) is -1.15. The fraction of sp³-hybridized carbons (Fsp3) is 0.438. The average Bonchev–Trinajstić information content (AvgIpc) is 3.47. The molecular weight excluding hydrogens is 623 g/mol. The standard InChI is InChI=1S/C32H37ClF3N7O3/c1-4-23-20-42(30(45)24-9-8-22(33)17-25(24)32(34,35)36)15-16-43(23)26-10-11-31(46-5-2,21-7-6-12-37-18-21)40-28(26)29(44)39-19-27-38-13-14-41(27)3/h6-12,17-18,23,40H,4-5,13-16,19-20H2,1-3H3,(H,39,44)/t23-,31?/m1/s1. The van der Waals surface area contributed by atoms with E-state index in [9.17, 15) is 22.8 Å². The molecule has 46 heavy (non-hydrogen) atoms. The van der Waals surface area contributed by atoms with E-state index < -0.39 is 28.9 Å². The molecule has 2 aromatic rings. The maximum absolute atomic E-state index is 13.9. The van der Waals surface area contributed by atoms with Gasteiger partial charge in [-0.15, -0.1) is 0 Å².